The van der Waals surface area contributed by atoms with Crippen LogP contribution in [0.1, 0.15) is 60.7 Å². The van der Waals surface area contributed by atoms with Crippen molar-refractivity contribution >= 4 is 17.6 Å². The van der Waals surface area contributed by atoms with E-state index in [9.17, 15) is 9.59 Å². The second kappa shape index (κ2) is 9.49. The van der Waals surface area contributed by atoms with Crippen molar-refractivity contribution in [1.29, 1.82) is 0 Å². The molecule has 0 bridgehead atoms. The summed E-state index contributed by atoms with van der Waals surface area (Å²) in [7, 11) is 0. The van der Waals surface area contributed by atoms with E-state index in [4.69, 9.17) is 9.97 Å². The standard InChI is InChI=1S/C26H33N5O2/c1-19-22-11-6-15-31(16-20-8-3-2-4-9-20)26(22)28-25(27-19)21-10-5-13-29(17-21)24(33)18-30-14-7-12-23(30)32/h2-4,8-9,21H,5-7,10-18H2,1H3/t21-/m1/s1. The highest BCUT2D eigenvalue weighted by Gasteiger charge is 2.31. The van der Waals surface area contributed by atoms with Crippen LogP contribution in [0.5, 0.6) is 0 Å². The number of nitrogens with zero attached hydrogens (tertiary/aromatic N) is 5. The van der Waals surface area contributed by atoms with Crippen molar-refractivity contribution in [3.8, 4) is 0 Å². The average molecular weight is 448 g/mol. The Morgan fingerprint density at radius 3 is 2.58 bits per heavy atom. The van der Waals surface area contributed by atoms with Crippen molar-refractivity contribution in [3.63, 3.8) is 0 Å². The fourth-order valence-electron chi connectivity index (χ4n) is 5.40. The molecule has 2 aromatic rings. The first kappa shape index (κ1) is 21.9. The number of anilines is 1. The third-order valence-electron chi connectivity index (χ3n) is 7.22. The minimum absolute atomic E-state index is 0.0512. The van der Waals surface area contributed by atoms with Gasteiger partial charge in [0, 0.05) is 56.3 Å². The molecular weight excluding hydrogens is 414 g/mol. The molecule has 7 nitrogen and oxygen atoms in total. The Morgan fingerprint density at radius 1 is 1.00 bits per heavy atom. The Morgan fingerprint density at radius 2 is 1.79 bits per heavy atom. The van der Waals surface area contributed by atoms with Crippen molar-refractivity contribution in [2.24, 2.45) is 0 Å². The number of fused-ring (bicyclic) bond motifs is 1. The number of likely N-dealkylation sites (tertiary alicyclic amines) is 2. The van der Waals surface area contributed by atoms with Crippen molar-refractivity contribution in [2.75, 3.05) is 37.6 Å². The second-order valence-electron chi connectivity index (χ2n) is 9.58. The minimum Gasteiger partial charge on any atom is -0.352 e. The summed E-state index contributed by atoms with van der Waals surface area (Å²) < 4.78 is 0. The average Bonchev–Trinajstić information content (AvgIpc) is 3.24. The molecule has 0 aliphatic carbocycles. The molecule has 33 heavy (non-hydrogen) atoms. The van der Waals surface area contributed by atoms with Gasteiger partial charge in [-0.2, -0.15) is 0 Å². The van der Waals surface area contributed by atoms with Gasteiger partial charge in [0.25, 0.3) is 0 Å². The number of benzene rings is 1. The van der Waals surface area contributed by atoms with Crippen LogP contribution in [0.25, 0.3) is 0 Å². The summed E-state index contributed by atoms with van der Waals surface area (Å²) in [6, 6.07) is 10.5. The number of aromatic nitrogens is 2. The summed E-state index contributed by atoms with van der Waals surface area (Å²) >= 11 is 0. The van der Waals surface area contributed by atoms with E-state index in [2.05, 4.69) is 36.1 Å². The number of piperidine rings is 1. The molecule has 2 amide bonds. The molecule has 1 aromatic carbocycles. The highest BCUT2D eigenvalue weighted by Crippen LogP contribution is 2.32. The lowest BCUT2D eigenvalue weighted by Crippen LogP contribution is -2.45. The zero-order chi connectivity index (χ0) is 22.8. The van der Waals surface area contributed by atoms with Crippen molar-refractivity contribution in [2.45, 2.75) is 57.9 Å². The lowest BCUT2D eigenvalue weighted by molar-refractivity contribution is -0.139. The number of carbonyl (C=O) groups excluding carboxylic acids is 2. The third-order valence-corrected chi connectivity index (χ3v) is 7.22. The van der Waals surface area contributed by atoms with E-state index in [1.54, 1.807) is 4.90 Å². The van der Waals surface area contributed by atoms with Crippen LogP contribution in [-0.4, -0.2) is 64.3 Å². The molecule has 4 heterocycles. The first-order valence-electron chi connectivity index (χ1n) is 12.3. The topological polar surface area (TPSA) is 69.6 Å². The van der Waals surface area contributed by atoms with Gasteiger partial charge < -0.3 is 14.7 Å². The summed E-state index contributed by atoms with van der Waals surface area (Å²) in [4.78, 5) is 40.9. The van der Waals surface area contributed by atoms with Gasteiger partial charge in [-0.05, 0) is 44.6 Å². The largest absolute Gasteiger partial charge is 0.352 e. The van der Waals surface area contributed by atoms with E-state index in [1.165, 1.54) is 11.1 Å². The van der Waals surface area contributed by atoms with E-state index in [1.807, 2.05) is 11.0 Å². The number of carbonyl (C=O) groups is 2. The lowest BCUT2D eigenvalue weighted by atomic mass is 9.96. The predicted molar refractivity (Wildman–Crippen MR) is 127 cm³/mol. The molecule has 0 N–H and O–H groups in total. The Bertz CT molecular complexity index is 1020. The fraction of sp³-hybridized carbons (Fsp3) is 0.538. The summed E-state index contributed by atoms with van der Waals surface area (Å²) in [6.07, 6.45) is 5.49. The molecule has 2 fully saturated rings. The van der Waals surface area contributed by atoms with Gasteiger partial charge in [0.15, 0.2) is 0 Å². The Labute approximate surface area is 195 Å². The van der Waals surface area contributed by atoms with Crippen LogP contribution in [0.15, 0.2) is 30.3 Å². The minimum atomic E-state index is 0.0512. The van der Waals surface area contributed by atoms with Gasteiger partial charge in [0.1, 0.15) is 11.6 Å². The van der Waals surface area contributed by atoms with E-state index in [0.717, 1.165) is 69.1 Å². The number of rotatable bonds is 5. The van der Waals surface area contributed by atoms with Crippen LogP contribution in [-0.2, 0) is 22.6 Å². The van der Waals surface area contributed by atoms with E-state index >= 15 is 0 Å². The quantitative estimate of drug-likeness (QED) is 0.705. The first-order chi connectivity index (χ1) is 16.1. The maximum atomic E-state index is 12.9. The van der Waals surface area contributed by atoms with Crippen LogP contribution in [0, 0.1) is 6.92 Å². The van der Waals surface area contributed by atoms with Crippen molar-refractivity contribution < 1.29 is 9.59 Å². The van der Waals surface area contributed by atoms with Crippen LogP contribution in [0.4, 0.5) is 5.82 Å². The van der Waals surface area contributed by atoms with Crippen LogP contribution < -0.4 is 4.90 Å². The zero-order valence-corrected chi connectivity index (χ0v) is 19.5. The van der Waals surface area contributed by atoms with Crippen LogP contribution in [0.2, 0.25) is 0 Å². The maximum Gasteiger partial charge on any atom is 0.242 e. The summed E-state index contributed by atoms with van der Waals surface area (Å²) in [6.45, 7) is 6.24. The van der Waals surface area contributed by atoms with Gasteiger partial charge in [-0.1, -0.05) is 30.3 Å². The molecule has 3 aliphatic rings. The van der Waals surface area contributed by atoms with E-state index < -0.39 is 0 Å². The number of amides is 2. The van der Waals surface area contributed by atoms with Crippen molar-refractivity contribution in [1.82, 2.24) is 19.8 Å². The molecule has 0 spiro atoms. The van der Waals surface area contributed by atoms with Gasteiger partial charge in [-0.25, -0.2) is 9.97 Å². The molecule has 0 unspecified atom stereocenters. The number of aryl methyl sites for hydroxylation is 1. The second-order valence-corrected chi connectivity index (χ2v) is 9.58. The number of hydrogen-bond acceptors (Lipinski definition) is 5. The molecule has 1 atom stereocenters. The monoisotopic (exact) mass is 447 g/mol. The maximum absolute atomic E-state index is 12.9. The zero-order valence-electron chi connectivity index (χ0n) is 19.5. The molecule has 2 saturated heterocycles. The van der Waals surface area contributed by atoms with Crippen LogP contribution >= 0.6 is 0 Å². The summed E-state index contributed by atoms with van der Waals surface area (Å²) in [5.74, 6) is 2.22. The van der Waals surface area contributed by atoms with Gasteiger partial charge >= 0.3 is 0 Å². The Balaban J connectivity index is 1.33. The van der Waals surface area contributed by atoms with Gasteiger partial charge in [0.05, 0.1) is 6.54 Å². The van der Waals surface area contributed by atoms with Gasteiger partial charge in [-0.15, -0.1) is 0 Å². The molecule has 7 heteroatoms. The first-order valence-corrected chi connectivity index (χ1v) is 12.3. The fourth-order valence-corrected chi connectivity index (χ4v) is 5.40. The normalized spacial score (nSPS) is 20.8. The molecule has 0 saturated carbocycles. The van der Waals surface area contributed by atoms with E-state index in [-0.39, 0.29) is 24.3 Å². The lowest BCUT2D eigenvalue weighted by Gasteiger charge is -2.35. The Hall–Kier alpha value is -2.96. The number of hydrogen-bond donors (Lipinski definition) is 0. The summed E-state index contributed by atoms with van der Waals surface area (Å²) in [5, 5.41) is 0. The van der Waals surface area contributed by atoms with E-state index in [0.29, 0.717) is 19.5 Å². The van der Waals surface area contributed by atoms with Crippen LogP contribution in [0.3, 0.4) is 0 Å². The molecule has 0 radical (unpaired) electrons. The smallest absolute Gasteiger partial charge is 0.242 e. The molecular formula is C26H33N5O2. The molecule has 5 rings (SSSR count). The van der Waals surface area contributed by atoms with Gasteiger partial charge in [-0.3, -0.25) is 9.59 Å². The molecule has 3 aliphatic heterocycles. The molecule has 1 aromatic heterocycles. The Kier molecular flexibility index (Phi) is 6.29. The molecule has 174 valence electrons. The van der Waals surface area contributed by atoms with Gasteiger partial charge in [0.2, 0.25) is 11.8 Å². The SMILES string of the molecule is Cc1nc([C@@H]2CCCN(C(=O)CN3CCCC3=O)C2)nc2c1CCCN2Cc1ccccc1. The highest BCUT2D eigenvalue weighted by atomic mass is 16.2. The predicted octanol–water partition coefficient (Wildman–Crippen LogP) is 3.07. The summed E-state index contributed by atoms with van der Waals surface area (Å²) in [5.41, 5.74) is 3.62. The van der Waals surface area contributed by atoms with Crippen molar-refractivity contribution in [3.05, 3.63) is 53.0 Å². The highest BCUT2D eigenvalue weighted by molar-refractivity contribution is 5.86. The third kappa shape index (κ3) is 4.72.